The number of carbonyl (C=O) groups excluding carboxylic acids is 1. The Bertz CT molecular complexity index is 389. The van der Waals surface area contributed by atoms with E-state index in [0.717, 1.165) is 19.3 Å². The van der Waals surface area contributed by atoms with Crippen molar-refractivity contribution in [3.05, 3.63) is 12.2 Å². The van der Waals surface area contributed by atoms with Gasteiger partial charge in [0.25, 0.3) is 0 Å². The van der Waals surface area contributed by atoms with E-state index in [1.807, 2.05) is 6.92 Å². The summed E-state index contributed by atoms with van der Waals surface area (Å²) in [6, 6.07) is 0. The minimum atomic E-state index is -0.273. The number of ether oxygens (including phenoxy) is 1. The summed E-state index contributed by atoms with van der Waals surface area (Å²) < 4.78 is 5.65. The molecule has 1 aliphatic heterocycles. The predicted molar refractivity (Wildman–Crippen MR) is 67.7 cm³/mol. The molecule has 0 amide bonds. The maximum Gasteiger partial charge on any atom is 0.309 e. The molecule has 3 heteroatoms. The molecule has 7 atom stereocenters. The zero-order chi connectivity index (χ0) is 13.0. The van der Waals surface area contributed by atoms with Gasteiger partial charge in [-0.2, -0.15) is 0 Å². The number of aliphatic hydroxyl groups excluding tert-OH is 1. The first-order valence-corrected chi connectivity index (χ1v) is 7.07. The maximum absolute atomic E-state index is 11.8. The summed E-state index contributed by atoms with van der Waals surface area (Å²) in [4.78, 5) is 11.8. The van der Waals surface area contributed by atoms with Crippen LogP contribution >= 0.6 is 0 Å². The van der Waals surface area contributed by atoms with Crippen LogP contribution in [0.3, 0.4) is 0 Å². The van der Waals surface area contributed by atoms with Crippen molar-refractivity contribution in [2.75, 3.05) is 0 Å². The van der Waals surface area contributed by atoms with Crippen LogP contribution in [-0.4, -0.2) is 23.3 Å². The van der Waals surface area contributed by atoms with Crippen LogP contribution in [0.25, 0.3) is 0 Å². The molecule has 1 N–H and O–H groups in total. The lowest BCUT2D eigenvalue weighted by molar-refractivity contribution is -0.146. The predicted octanol–water partition coefficient (Wildman–Crippen LogP) is 2.15. The highest BCUT2D eigenvalue weighted by Crippen LogP contribution is 2.52. The second kappa shape index (κ2) is 4.09. The number of aliphatic hydroxyl groups is 1. The highest BCUT2D eigenvalue weighted by molar-refractivity contribution is 5.75. The van der Waals surface area contributed by atoms with E-state index >= 15 is 0 Å². The van der Waals surface area contributed by atoms with Gasteiger partial charge in [-0.15, -0.1) is 0 Å². The van der Waals surface area contributed by atoms with E-state index in [-0.39, 0.29) is 35.9 Å². The van der Waals surface area contributed by atoms with Crippen LogP contribution in [0.15, 0.2) is 12.2 Å². The van der Waals surface area contributed by atoms with Crippen LogP contribution < -0.4 is 0 Å². The quantitative estimate of drug-likeness (QED) is 0.529. The topological polar surface area (TPSA) is 46.5 Å². The van der Waals surface area contributed by atoms with Gasteiger partial charge in [0.15, 0.2) is 0 Å². The smallest absolute Gasteiger partial charge is 0.309 e. The van der Waals surface area contributed by atoms with Gasteiger partial charge in [0, 0.05) is 11.8 Å². The monoisotopic (exact) mass is 250 g/mol. The average Bonchev–Trinajstić information content (AvgIpc) is 2.72. The van der Waals surface area contributed by atoms with Gasteiger partial charge < -0.3 is 9.84 Å². The third-order valence-electron chi connectivity index (χ3n) is 5.56. The Morgan fingerprint density at radius 1 is 1.39 bits per heavy atom. The molecular weight excluding hydrogens is 228 g/mol. The minimum Gasteiger partial charge on any atom is -0.462 e. The molecule has 7 unspecified atom stereocenters. The Hall–Kier alpha value is -0.830. The van der Waals surface area contributed by atoms with Crippen LogP contribution in [0, 0.1) is 29.6 Å². The van der Waals surface area contributed by atoms with Crippen molar-refractivity contribution in [1.82, 2.24) is 0 Å². The lowest BCUT2D eigenvalue weighted by Crippen LogP contribution is -2.33. The second-order valence-corrected chi connectivity index (χ2v) is 6.40. The second-order valence-electron chi connectivity index (χ2n) is 6.40. The SMILES string of the molecule is C=C1CCC2C(C)C(=O)OC2C2C1CC(O)C2C. The van der Waals surface area contributed by atoms with Gasteiger partial charge in [0.1, 0.15) is 6.10 Å². The first-order valence-electron chi connectivity index (χ1n) is 7.07. The van der Waals surface area contributed by atoms with Gasteiger partial charge in [-0.05, 0) is 31.1 Å². The molecule has 0 aromatic heterocycles. The maximum atomic E-state index is 11.8. The first-order chi connectivity index (χ1) is 8.50. The van der Waals surface area contributed by atoms with Gasteiger partial charge in [0.2, 0.25) is 0 Å². The van der Waals surface area contributed by atoms with Crippen LogP contribution in [0.2, 0.25) is 0 Å². The molecule has 3 aliphatic rings. The molecule has 3 fully saturated rings. The van der Waals surface area contributed by atoms with Crippen molar-refractivity contribution < 1.29 is 14.6 Å². The van der Waals surface area contributed by atoms with Crippen molar-refractivity contribution in [3.63, 3.8) is 0 Å². The van der Waals surface area contributed by atoms with E-state index in [9.17, 15) is 9.90 Å². The molecule has 2 saturated carbocycles. The zero-order valence-corrected chi connectivity index (χ0v) is 11.1. The Morgan fingerprint density at radius 2 is 2.11 bits per heavy atom. The van der Waals surface area contributed by atoms with E-state index in [2.05, 4.69) is 13.5 Å². The van der Waals surface area contributed by atoms with Crippen molar-refractivity contribution in [2.45, 2.75) is 45.3 Å². The van der Waals surface area contributed by atoms with Crippen LogP contribution in [-0.2, 0) is 9.53 Å². The molecule has 100 valence electrons. The molecule has 0 bridgehead atoms. The van der Waals surface area contributed by atoms with Gasteiger partial charge in [0.05, 0.1) is 12.0 Å². The van der Waals surface area contributed by atoms with Crippen molar-refractivity contribution >= 4 is 5.97 Å². The van der Waals surface area contributed by atoms with E-state index in [4.69, 9.17) is 4.74 Å². The zero-order valence-electron chi connectivity index (χ0n) is 11.1. The molecule has 2 aliphatic carbocycles. The van der Waals surface area contributed by atoms with E-state index in [1.165, 1.54) is 5.57 Å². The molecule has 1 heterocycles. The van der Waals surface area contributed by atoms with Crippen molar-refractivity contribution in [3.8, 4) is 0 Å². The number of hydrogen-bond donors (Lipinski definition) is 1. The standard InChI is InChI=1S/C15H22O3/c1-7-4-5-10-8(2)15(17)18-14(10)13-9(3)12(16)6-11(7)13/h8-14,16H,1,4-6H2,2-3H3. The summed E-state index contributed by atoms with van der Waals surface area (Å²) in [5, 5.41) is 10.1. The lowest BCUT2D eigenvalue weighted by Gasteiger charge is -2.29. The summed E-state index contributed by atoms with van der Waals surface area (Å²) in [6.45, 7) is 8.27. The fraction of sp³-hybridized carbons (Fsp3) is 0.800. The number of carbonyl (C=O) groups is 1. The van der Waals surface area contributed by atoms with Gasteiger partial charge in [-0.1, -0.05) is 26.0 Å². The van der Waals surface area contributed by atoms with Crippen LogP contribution in [0.4, 0.5) is 0 Å². The molecule has 0 aromatic rings. The summed E-state index contributed by atoms with van der Waals surface area (Å²) in [5.41, 5.74) is 1.25. The van der Waals surface area contributed by atoms with Crippen LogP contribution in [0.1, 0.15) is 33.1 Å². The summed E-state index contributed by atoms with van der Waals surface area (Å²) >= 11 is 0. The number of allylic oxidation sites excluding steroid dienone is 1. The summed E-state index contributed by atoms with van der Waals surface area (Å²) in [5.74, 6) is 1.08. The van der Waals surface area contributed by atoms with Crippen molar-refractivity contribution in [2.24, 2.45) is 29.6 Å². The largest absolute Gasteiger partial charge is 0.462 e. The summed E-state index contributed by atoms with van der Waals surface area (Å²) in [7, 11) is 0. The highest BCUT2D eigenvalue weighted by atomic mass is 16.6. The minimum absolute atomic E-state index is 0.00361. The Morgan fingerprint density at radius 3 is 2.83 bits per heavy atom. The molecule has 0 aromatic carbocycles. The Kier molecular flexibility index (Phi) is 2.77. The fourth-order valence-corrected chi connectivity index (χ4v) is 4.33. The number of hydrogen-bond acceptors (Lipinski definition) is 3. The fourth-order valence-electron chi connectivity index (χ4n) is 4.33. The molecule has 0 spiro atoms. The number of fused-ring (bicyclic) bond motifs is 3. The highest BCUT2D eigenvalue weighted by Gasteiger charge is 2.55. The van der Waals surface area contributed by atoms with Crippen LogP contribution in [0.5, 0.6) is 0 Å². The molecule has 3 nitrogen and oxygen atoms in total. The van der Waals surface area contributed by atoms with E-state index in [0.29, 0.717) is 11.8 Å². The van der Waals surface area contributed by atoms with E-state index < -0.39 is 0 Å². The molecular formula is C15H22O3. The first kappa shape index (κ1) is 12.2. The van der Waals surface area contributed by atoms with Gasteiger partial charge in [-0.25, -0.2) is 0 Å². The number of rotatable bonds is 0. The Labute approximate surface area is 108 Å². The molecule has 1 saturated heterocycles. The molecule has 3 rings (SSSR count). The van der Waals surface area contributed by atoms with Crippen molar-refractivity contribution in [1.29, 1.82) is 0 Å². The third-order valence-corrected chi connectivity index (χ3v) is 5.56. The van der Waals surface area contributed by atoms with E-state index in [1.54, 1.807) is 0 Å². The third kappa shape index (κ3) is 1.56. The summed E-state index contributed by atoms with van der Waals surface area (Å²) in [6.07, 6.45) is 2.50. The average molecular weight is 250 g/mol. The normalized spacial score (nSPS) is 51.6. The Balaban J connectivity index is 1.96. The molecule has 0 radical (unpaired) electrons. The molecule has 18 heavy (non-hydrogen) atoms. The number of esters is 1. The lowest BCUT2D eigenvalue weighted by atomic mass is 9.78. The van der Waals surface area contributed by atoms with Gasteiger partial charge in [-0.3, -0.25) is 4.79 Å². The van der Waals surface area contributed by atoms with Gasteiger partial charge >= 0.3 is 5.97 Å².